The van der Waals surface area contributed by atoms with Gasteiger partial charge in [-0.3, -0.25) is 4.79 Å². The van der Waals surface area contributed by atoms with Crippen molar-refractivity contribution in [2.45, 2.75) is 128 Å². The Morgan fingerprint density at radius 2 is 1.68 bits per heavy atom. The van der Waals surface area contributed by atoms with Crippen LogP contribution >= 0.6 is 0 Å². The van der Waals surface area contributed by atoms with Crippen LogP contribution in [0.1, 0.15) is 92.4 Å². The molecule has 4 aliphatic rings. The zero-order valence-electron chi connectivity index (χ0n) is 21.5. The van der Waals surface area contributed by atoms with Crippen molar-refractivity contribution in [1.29, 1.82) is 0 Å². The van der Waals surface area contributed by atoms with Crippen LogP contribution in [-0.2, 0) is 4.79 Å². The maximum atomic E-state index is 13.3. The van der Waals surface area contributed by atoms with Crippen molar-refractivity contribution in [2.24, 2.45) is 34.5 Å². The molecule has 0 amide bonds. The third-order valence-corrected chi connectivity index (χ3v) is 11.1. The average molecular weight is 483 g/mol. The molecule has 0 spiro atoms. The van der Waals surface area contributed by atoms with E-state index in [0.717, 1.165) is 6.42 Å². The summed E-state index contributed by atoms with van der Waals surface area (Å²) in [5.74, 6) is -0.796. The topological polar surface area (TPSA) is 138 Å². The van der Waals surface area contributed by atoms with Gasteiger partial charge in [-0.05, 0) is 95.3 Å². The molecule has 0 bridgehead atoms. The Hall–Kier alpha value is -0.570. The summed E-state index contributed by atoms with van der Waals surface area (Å²) < 4.78 is 0. The minimum Gasteiger partial charge on any atom is -0.390 e. The number of ketones is 1. The molecule has 1 unspecified atom stereocenters. The third-order valence-electron chi connectivity index (χ3n) is 11.1. The Morgan fingerprint density at radius 1 is 1.03 bits per heavy atom. The third kappa shape index (κ3) is 3.81. The first-order valence-corrected chi connectivity index (χ1v) is 13.2. The maximum absolute atomic E-state index is 13.3. The molecule has 0 aromatic heterocycles. The summed E-state index contributed by atoms with van der Waals surface area (Å²) in [6, 6.07) is 0. The van der Waals surface area contributed by atoms with Crippen molar-refractivity contribution in [1.82, 2.24) is 0 Å². The van der Waals surface area contributed by atoms with Crippen LogP contribution < -0.4 is 0 Å². The van der Waals surface area contributed by atoms with E-state index in [1.54, 1.807) is 20.8 Å². The smallest absolute Gasteiger partial charge is 0.137 e. The van der Waals surface area contributed by atoms with Gasteiger partial charge in [-0.25, -0.2) is 0 Å². The van der Waals surface area contributed by atoms with Crippen molar-refractivity contribution in [3.8, 4) is 0 Å². The van der Waals surface area contributed by atoms with Gasteiger partial charge in [0, 0.05) is 17.8 Å². The standard InChI is InChI=1S/C27H46O7/c1-23(2,32)9-8-22(31)26(5,33)21-7-11-27(34)16-12-18(28)17-13-19(29)20(30)14-24(17,3)15(16)6-10-25(21,27)4/h15-17,19-22,29-34H,6-14H2,1-5H3/t15-,16?,17+,19+,20-,21-,22+,24+,25+,26+,27+/m0/s1. The number of Topliss-reactive ketones (excluding diaryl/α,β-unsaturated/α-hetero) is 1. The molecule has 4 fully saturated rings. The Morgan fingerprint density at radius 3 is 2.29 bits per heavy atom. The zero-order chi connectivity index (χ0) is 25.5. The van der Waals surface area contributed by atoms with Gasteiger partial charge in [-0.2, -0.15) is 0 Å². The van der Waals surface area contributed by atoms with Crippen LogP contribution in [0.15, 0.2) is 0 Å². The molecule has 196 valence electrons. The molecule has 6 N–H and O–H groups in total. The summed E-state index contributed by atoms with van der Waals surface area (Å²) in [6.45, 7) is 9.08. The van der Waals surface area contributed by atoms with Crippen molar-refractivity contribution < 1.29 is 35.4 Å². The highest BCUT2D eigenvalue weighted by molar-refractivity contribution is 5.83. The minimum atomic E-state index is -1.44. The van der Waals surface area contributed by atoms with E-state index in [9.17, 15) is 35.4 Å². The first-order valence-electron chi connectivity index (χ1n) is 13.2. The first-order chi connectivity index (χ1) is 15.5. The molecule has 34 heavy (non-hydrogen) atoms. The average Bonchev–Trinajstić information content (AvgIpc) is 3.00. The molecule has 0 saturated heterocycles. The highest BCUT2D eigenvalue weighted by atomic mass is 16.3. The minimum absolute atomic E-state index is 0.0548. The summed E-state index contributed by atoms with van der Waals surface area (Å²) in [4.78, 5) is 13.3. The lowest BCUT2D eigenvalue weighted by molar-refractivity contribution is -0.232. The summed E-state index contributed by atoms with van der Waals surface area (Å²) in [5, 5.41) is 65.6. The molecule has 4 rings (SSSR count). The van der Waals surface area contributed by atoms with E-state index >= 15 is 0 Å². The molecule has 11 atom stereocenters. The molecule has 0 aromatic carbocycles. The second kappa shape index (κ2) is 8.22. The van der Waals surface area contributed by atoms with Gasteiger partial charge in [0.05, 0.1) is 35.1 Å². The highest BCUT2D eigenvalue weighted by Crippen LogP contribution is 2.69. The molecular formula is C27H46O7. The van der Waals surface area contributed by atoms with E-state index in [0.29, 0.717) is 32.1 Å². The number of hydrogen-bond acceptors (Lipinski definition) is 7. The molecular weight excluding hydrogens is 436 g/mol. The van der Waals surface area contributed by atoms with Gasteiger partial charge >= 0.3 is 0 Å². The molecule has 7 heteroatoms. The fraction of sp³-hybridized carbons (Fsp3) is 0.963. The summed E-state index contributed by atoms with van der Waals surface area (Å²) in [5.41, 5.74) is -4.66. The SMILES string of the molecule is CC(C)(O)CC[C@@H](O)[C@](C)(O)[C@H]1CC[C@@]2(O)C3CC(=O)[C@H]4C[C@@H](O)[C@@H](O)C[C@]4(C)[C@H]3CC[C@]12C. The van der Waals surface area contributed by atoms with Crippen LogP contribution in [0.3, 0.4) is 0 Å². The van der Waals surface area contributed by atoms with E-state index in [1.165, 1.54) is 0 Å². The fourth-order valence-corrected chi connectivity index (χ4v) is 8.98. The lowest BCUT2D eigenvalue weighted by Crippen LogP contribution is -2.66. The van der Waals surface area contributed by atoms with E-state index in [2.05, 4.69) is 6.92 Å². The summed E-state index contributed by atoms with van der Waals surface area (Å²) >= 11 is 0. The van der Waals surface area contributed by atoms with Crippen molar-refractivity contribution >= 4 is 5.78 Å². The largest absolute Gasteiger partial charge is 0.390 e. The number of fused-ring (bicyclic) bond motifs is 5. The quantitative estimate of drug-likeness (QED) is 0.352. The van der Waals surface area contributed by atoms with Gasteiger partial charge in [0.25, 0.3) is 0 Å². The molecule has 0 radical (unpaired) electrons. The zero-order valence-corrected chi connectivity index (χ0v) is 21.5. The molecule has 0 heterocycles. The van der Waals surface area contributed by atoms with Crippen LogP contribution in [0.4, 0.5) is 0 Å². The van der Waals surface area contributed by atoms with E-state index in [-0.39, 0.29) is 48.7 Å². The number of rotatable bonds is 5. The van der Waals surface area contributed by atoms with E-state index in [1.807, 2.05) is 6.92 Å². The number of hydrogen-bond donors (Lipinski definition) is 6. The van der Waals surface area contributed by atoms with Crippen LogP contribution in [0.5, 0.6) is 0 Å². The van der Waals surface area contributed by atoms with Gasteiger partial charge in [-0.15, -0.1) is 0 Å². The van der Waals surface area contributed by atoms with Crippen LogP contribution in [0.2, 0.25) is 0 Å². The molecule has 4 aliphatic carbocycles. The van der Waals surface area contributed by atoms with Gasteiger partial charge in [0.1, 0.15) is 5.78 Å². The molecule has 7 nitrogen and oxygen atoms in total. The Labute approximate surface area is 203 Å². The van der Waals surface area contributed by atoms with Gasteiger partial charge in [0.2, 0.25) is 0 Å². The van der Waals surface area contributed by atoms with Crippen LogP contribution in [-0.4, -0.2) is 71.5 Å². The Kier molecular flexibility index (Phi) is 6.40. The number of aliphatic hydroxyl groups is 6. The van der Waals surface area contributed by atoms with Crippen LogP contribution in [0.25, 0.3) is 0 Å². The van der Waals surface area contributed by atoms with Crippen molar-refractivity contribution in [3.63, 3.8) is 0 Å². The molecule has 0 aliphatic heterocycles. The Balaban J connectivity index is 1.62. The van der Waals surface area contributed by atoms with Crippen LogP contribution in [0, 0.1) is 34.5 Å². The van der Waals surface area contributed by atoms with Gasteiger partial charge in [0.15, 0.2) is 0 Å². The lowest BCUT2D eigenvalue weighted by atomic mass is 9.42. The van der Waals surface area contributed by atoms with Crippen molar-refractivity contribution in [3.05, 3.63) is 0 Å². The summed E-state index contributed by atoms with van der Waals surface area (Å²) in [7, 11) is 0. The number of aliphatic hydroxyl groups excluding tert-OH is 3. The number of carbonyl (C=O) groups is 1. The summed E-state index contributed by atoms with van der Waals surface area (Å²) in [6.07, 6.45) is 1.18. The highest BCUT2D eigenvalue weighted by Gasteiger charge is 2.71. The second-order valence-electron chi connectivity index (χ2n) is 13.6. The fourth-order valence-electron chi connectivity index (χ4n) is 8.98. The maximum Gasteiger partial charge on any atom is 0.137 e. The number of carbonyl (C=O) groups excluding carboxylic acids is 1. The molecule has 0 aromatic rings. The van der Waals surface area contributed by atoms with Gasteiger partial charge in [-0.1, -0.05) is 13.8 Å². The first kappa shape index (κ1) is 26.5. The van der Waals surface area contributed by atoms with E-state index in [4.69, 9.17) is 0 Å². The normalized spacial score (nSPS) is 49.6. The second-order valence-corrected chi connectivity index (χ2v) is 13.6. The predicted octanol–water partition coefficient (Wildman–Crippen LogP) is 1.93. The monoisotopic (exact) mass is 482 g/mol. The lowest BCUT2D eigenvalue weighted by Gasteiger charge is -2.64. The van der Waals surface area contributed by atoms with E-state index < -0.39 is 45.9 Å². The van der Waals surface area contributed by atoms with Gasteiger partial charge < -0.3 is 30.6 Å². The predicted molar refractivity (Wildman–Crippen MR) is 127 cm³/mol. The molecule has 4 saturated carbocycles. The Bertz CT molecular complexity index is 805. The van der Waals surface area contributed by atoms with Crippen molar-refractivity contribution in [2.75, 3.05) is 0 Å².